The van der Waals surface area contributed by atoms with Gasteiger partial charge in [0, 0.05) is 11.7 Å². The SMILES string of the molecule is CC(C)(C)CC(C)(C)NC(=O)c1ccn[nH]1. The number of nitrogens with one attached hydrogen (secondary N) is 2. The molecule has 0 aromatic carbocycles. The Kier molecular flexibility index (Phi) is 3.41. The fraction of sp³-hybridized carbons (Fsp3) is 0.667. The van der Waals surface area contributed by atoms with E-state index in [9.17, 15) is 4.79 Å². The van der Waals surface area contributed by atoms with Gasteiger partial charge in [0.25, 0.3) is 5.91 Å². The number of aromatic amines is 1. The second kappa shape index (κ2) is 4.28. The Morgan fingerprint density at radius 1 is 1.38 bits per heavy atom. The molecule has 0 atom stereocenters. The molecular formula is C12H21N3O. The number of hydrogen-bond donors (Lipinski definition) is 2. The maximum Gasteiger partial charge on any atom is 0.269 e. The molecule has 90 valence electrons. The molecule has 0 radical (unpaired) electrons. The Hall–Kier alpha value is -1.32. The van der Waals surface area contributed by atoms with E-state index in [0.29, 0.717) is 5.69 Å². The molecule has 1 heterocycles. The second-order valence-corrected chi connectivity index (χ2v) is 6.05. The van der Waals surface area contributed by atoms with Crippen LogP contribution in [0.2, 0.25) is 0 Å². The average Bonchev–Trinajstić information content (AvgIpc) is 2.48. The van der Waals surface area contributed by atoms with E-state index in [1.54, 1.807) is 12.3 Å². The van der Waals surface area contributed by atoms with Crippen LogP contribution in [0.25, 0.3) is 0 Å². The molecule has 16 heavy (non-hydrogen) atoms. The van der Waals surface area contributed by atoms with E-state index < -0.39 is 0 Å². The maximum atomic E-state index is 11.8. The maximum absolute atomic E-state index is 11.8. The lowest BCUT2D eigenvalue weighted by Gasteiger charge is -2.33. The van der Waals surface area contributed by atoms with Gasteiger partial charge in [-0.2, -0.15) is 5.10 Å². The molecule has 4 heteroatoms. The van der Waals surface area contributed by atoms with Gasteiger partial charge in [-0.25, -0.2) is 0 Å². The molecule has 0 spiro atoms. The fourth-order valence-corrected chi connectivity index (χ4v) is 2.13. The van der Waals surface area contributed by atoms with Crippen LogP contribution in [0.5, 0.6) is 0 Å². The first-order valence-electron chi connectivity index (χ1n) is 5.52. The molecule has 0 saturated carbocycles. The lowest BCUT2D eigenvalue weighted by Crippen LogP contribution is -2.45. The molecule has 1 aromatic rings. The van der Waals surface area contributed by atoms with Crippen molar-refractivity contribution in [2.45, 2.75) is 46.6 Å². The van der Waals surface area contributed by atoms with Crippen molar-refractivity contribution >= 4 is 5.91 Å². The van der Waals surface area contributed by atoms with Gasteiger partial charge in [-0.15, -0.1) is 0 Å². The number of H-pyrrole nitrogens is 1. The summed E-state index contributed by atoms with van der Waals surface area (Å²) >= 11 is 0. The largest absolute Gasteiger partial charge is 0.346 e. The smallest absolute Gasteiger partial charge is 0.269 e. The molecule has 4 nitrogen and oxygen atoms in total. The third-order valence-corrected chi connectivity index (χ3v) is 2.17. The number of amides is 1. The van der Waals surface area contributed by atoms with E-state index in [-0.39, 0.29) is 16.9 Å². The number of aromatic nitrogens is 2. The van der Waals surface area contributed by atoms with Gasteiger partial charge in [-0.05, 0) is 31.7 Å². The summed E-state index contributed by atoms with van der Waals surface area (Å²) in [5.41, 5.74) is 0.465. The van der Waals surface area contributed by atoms with Crippen molar-refractivity contribution in [3.05, 3.63) is 18.0 Å². The third-order valence-electron chi connectivity index (χ3n) is 2.17. The highest BCUT2D eigenvalue weighted by Crippen LogP contribution is 2.26. The highest BCUT2D eigenvalue weighted by atomic mass is 16.2. The first-order chi connectivity index (χ1) is 7.20. The van der Waals surface area contributed by atoms with Crippen molar-refractivity contribution < 1.29 is 4.79 Å². The zero-order valence-electron chi connectivity index (χ0n) is 10.7. The van der Waals surface area contributed by atoms with Crippen molar-refractivity contribution in [2.24, 2.45) is 5.41 Å². The van der Waals surface area contributed by atoms with E-state index in [2.05, 4.69) is 36.3 Å². The molecule has 1 rings (SSSR count). The number of nitrogens with zero attached hydrogens (tertiary/aromatic N) is 1. The van der Waals surface area contributed by atoms with E-state index in [4.69, 9.17) is 0 Å². The van der Waals surface area contributed by atoms with Crippen LogP contribution >= 0.6 is 0 Å². The van der Waals surface area contributed by atoms with Crippen molar-refractivity contribution in [1.29, 1.82) is 0 Å². The lowest BCUT2D eigenvalue weighted by molar-refractivity contribution is 0.0886. The molecule has 0 fully saturated rings. The summed E-state index contributed by atoms with van der Waals surface area (Å²) < 4.78 is 0. The number of carbonyl (C=O) groups excluding carboxylic acids is 1. The van der Waals surface area contributed by atoms with Gasteiger partial charge < -0.3 is 5.32 Å². The Labute approximate surface area is 96.8 Å². The van der Waals surface area contributed by atoms with Gasteiger partial charge in [-0.3, -0.25) is 9.89 Å². The Balaban J connectivity index is 2.63. The predicted octanol–water partition coefficient (Wildman–Crippen LogP) is 2.35. The van der Waals surface area contributed by atoms with Crippen molar-refractivity contribution in [2.75, 3.05) is 0 Å². The summed E-state index contributed by atoms with van der Waals surface area (Å²) in [4.78, 5) is 11.8. The second-order valence-electron chi connectivity index (χ2n) is 6.05. The van der Waals surface area contributed by atoms with Crippen LogP contribution < -0.4 is 5.32 Å². The van der Waals surface area contributed by atoms with Gasteiger partial charge in [0.2, 0.25) is 0 Å². The van der Waals surface area contributed by atoms with E-state index in [1.165, 1.54) is 0 Å². The van der Waals surface area contributed by atoms with E-state index in [1.807, 2.05) is 13.8 Å². The highest BCUT2D eigenvalue weighted by Gasteiger charge is 2.27. The summed E-state index contributed by atoms with van der Waals surface area (Å²) in [6.07, 6.45) is 2.49. The van der Waals surface area contributed by atoms with Crippen LogP contribution in [0.1, 0.15) is 51.5 Å². The Morgan fingerprint density at radius 3 is 2.44 bits per heavy atom. The van der Waals surface area contributed by atoms with Crippen LogP contribution in [0.3, 0.4) is 0 Å². The first kappa shape index (κ1) is 12.7. The Morgan fingerprint density at radius 2 is 2.00 bits per heavy atom. The third kappa shape index (κ3) is 4.04. The number of hydrogen-bond acceptors (Lipinski definition) is 2. The van der Waals surface area contributed by atoms with Crippen LogP contribution in [0, 0.1) is 5.41 Å². The Bertz CT molecular complexity index is 347. The highest BCUT2D eigenvalue weighted by molar-refractivity contribution is 5.92. The molecule has 2 N–H and O–H groups in total. The lowest BCUT2D eigenvalue weighted by atomic mass is 9.82. The standard InChI is InChI=1S/C12H21N3O/c1-11(2,3)8-12(4,5)14-10(16)9-6-7-13-15-9/h6-7H,8H2,1-5H3,(H,13,15)(H,14,16). The fourth-order valence-electron chi connectivity index (χ4n) is 2.13. The van der Waals surface area contributed by atoms with Crippen LogP contribution in [-0.2, 0) is 0 Å². The molecule has 0 saturated heterocycles. The summed E-state index contributed by atoms with van der Waals surface area (Å²) in [5, 5.41) is 9.43. The summed E-state index contributed by atoms with van der Waals surface area (Å²) in [6, 6.07) is 1.67. The minimum Gasteiger partial charge on any atom is -0.346 e. The first-order valence-corrected chi connectivity index (χ1v) is 5.52. The minimum atomic E-state index is -0.222. The quantitative estimate of drug-likeness (QED) is 0.826. The van der Waals surface area contributed by atoms with Crippen molar-refractivity contribution in [3.8, 4) is 0 Å². The van der Waals surface area contributed by atoms with Gasteiger partial charge in [-0.1, -0.05) is 20.8 Å². The molecule has 1 amide bonds. The molecule has 0 aliphatic rings. The predicted molar refractivity (Wildman–Crippen MR) is 64.2 cm³/mol. The summed E-state index contributed by atoms with van der Waals surface area (Å²) in [5.74, 6) is -0.105. The zero-order valence-corrected chi connectivity index (χ0v) is 10.7. The van der Waals surface area contributed by atoms with Gasteiger partial charge >= 0.3 is 0 Å². The normalized spacial score (nSPS) is 12.6. The van der Waals surface area contributed by atoms with Gasteiger partial charge in [0.1, 0.15) is 5.69 Å². The van der Waals surface area contributed by atoms with Crippen molar-refractivity contribution in [1.82, 2.24) is 15.5 Å². The molecule has 0 unspecified atom stereocenters. The number of rotatable bonds is 3. The van der Waals surface area contributed by atoms with E-state index >= 15 is 0 Å². The van der Waals surface area contributed by atoms with Gasteiger partial charge in [0.05, 0.1) is 0 Å². The zero-order chi connectivity index (χ0) is 12.4. The molecular weight excluding hydrogens is 202 g/mol. The molecule has 1 aromatic heterocycles. The number of carbonyl (C=O) groups is 1. The van der Waals surface area contributed by atoms with Gasteiger partial charge in [0.15, 0.2) is 0 Å². The van der Waals surface area contributed by atoms with Crippen LogP contribution in [0.4, 0.5) is 0 Å². The van der Waals surface area contributed by atoms with E-state index in [0.717, 1.165) is 6.42 Å². The summed E-state index contributed by atoms with van der Waals surface area (Å²) in [7, 11) is 0. The minimum absolute atomic E-state index is 0.105. The van der Waals surface area contributed by atoms with Crippen LogP contribution in [-0.4, -0.2) is 21.6 Å². The molecule has 0 aliphatic heterocycles. The molecule has 0 aliphatic carbocycles. The topological polar surface area (TPSA) is 57.8 Å². The monoisotopic (exact) mass is 223 g/mol. The molecule has 0 bridgehead atoms. The van der Waals surface area contributed by atoms with Crippen LogP contribution in [0.15, 0.2) is 12.3 Å². The average molecular weight is 223 g/mol. The summed E-state index contributed by atoms with van der Waals surface area (Å²) in [6.45, 7) is 10.6. The van der Waals surface area contributed by atoms with Crippen molar-refractivity contribution in [3.63, 3.8) is 0 Å².